The minimum Gasteiger partial charge on any atom is -0.299 e. The third-order valence-corrected chi connectivity index (χ3v) is 1.16. The van der Waals surface area contributed by atoms with E-state index in [4.69, 9.17) is 0 Å². The van der Waals surface area contributed by atoms with Crippen LogP contribution in [0.25, 0.3) is 0 Å². The lowest BCUT2D eigenvalue weighted by atomic mass is 10.3. The fraction of sp³-hybridized carbons (Fsp3) is 0. The van der Waals surface area contributed by atoms with Crippen molar-refractivity contribution in [1.29, 1.82) is 0 Å². The van der Waals surface area contributed by atoms with Crippen molar-refractivity contribution in [1.82, 2.24) is 0 Å². The van der Waals surface area contributed by atoms with Crippen LogP contribution in [0.15, 0.2) is 60.8 Å². The molecule has 14 heavy (non-hydrogen) atoms. The summed E-state index contributed by atoms with van der Waals surface area (Å²) in [6.45, 7) is 0. The van der Waals surface area contributed by atoms with Gasteiger partial charge in [-0.05, 0) is 12.2 Å². The monoisotopic (exact) mass is 188 g/mol. The minimum absolute atomic E-state index is 0.720. The summed E-state index contributed by atoms with van der Waals surface area (Å²) in [5.41, 5.74) is 0. The molecule has 0 spiro atoms. The highest BCUT2D eigenvalue weighted by Crippen LogP contribution is 1.82. The van der Waals surface area contributed by atoms with Crippen molar-refractivity contribution >= 4 is 12.6 Å². The maximum atomic E-state index is 9.85. The van der Waals surface area contributed by atoms with Crippen molar-refractivity contribution in [2.45, 2.75) is 0 Å². The first-order valence-corrected chi connectivity index (χ1v) is 4.14. The largest absolute Gasteiger partial charge is 0.299 e. The number of carbonyl (C=O) groups excluding carboxylic acids is 2. The highest BCUT2D eigenvalue weighted by molar-refractivity contribution is 5.65. The molecule has 0 unspecified atom stereocenters. The molecule has 72 valence electrons. The molecule has 0 rings (SSSR count). The summed E-state index contributed by atoms with van der Waals surface area (Å²) in [6.07, 6.45) is 18.3. The standard InChI is InChI=1S/C12H12O2/c13-11-9-7-5-3-1-2-4-6-8-10-12-14/h1-12H/b2-1+,5-3+,6-4+,9-7+,10-8+. The maximum Gasteiger partial charge on any atom is 0.142 e. The maximum absolute atomic E-state index is 9.85. The first kappa shape index (κ1) is 12.0. The first-order valence-electron chi connectivity index (χ1n) is 4.14. The Kier molecular flexibility index (Phi) is 9.49. The first-order chi connectivity index (χ1) is 6.91. The molecule has 0 aromatic carbocycles. The van der Waals surface area contributed by atoms with Crippen LogP contribution in [0.1, 0.15) is 0 Å². The Balaban J connectivity index is 3.72. The van der Waals surface area contributed by atoms with Crippen molar-refractivity contribution in [3.8, 4) is 0 Å². The van der Waals surface area contributed by atoms with E-state index in [0.717, 1.165) is 12.6 Å². The number of hydrogen-bond acceptors (Lipinski definition) is 2. The van der Waals surface area contributed by atoms with Gasteiger partial charge in [-0.25, -0.2) is 0 Å². The molecule has 0 amide bonds. The molecule has 0 heterocycles. The lowest BCUT2D eigenvalue weighted by Gasteiger charge is -1.72. The van der Waals surface area contributed by atoms with E-state index in [2.05, 4.69) is 0 Å². The van der Waals surface area contributed by atoms with E-state index < -0.39 is 0 Å². The fourth-order valence-corrected chi connectivity index (χ4v) is 0.604. The average molecular weight is 188 g/mol. The van der Waals surface area contributed by atoms with Gasteiger partial charge in [0, 0.05) is 0 Å². The van der Waals surface area contributed by atoms with E-state index in [9.17, 15) is 9.59 Å². The Hall–Kier alpha value is -1.96. The molecule has 0 radical (unpaired) electrons. The summed E-state index contributed by atoms with van der Waals surface area (Å²) in [7, 11) is 0. The molecular formula is C12H12O2. The van der Waals surface area contributed by atoms with Crippen molar-refractivity contribution in [3.05, 3.63) is 60.8 Å². The Morgan fingerprint density at radius 2 is 0.571 bits per heavy atom. The highest BCUT2D eigenvalue weighted by Gasteiger charge is 1.63. The van der Waals surface area contributed by atoms with Gasteiger partial charge in [0.05, 0.1) is 0 Å². The van der Waals surface area contributed by atoms with Gasteiger partial charge in [0.1, 0.15) is 12.6 Å². The summed E-state index contributed by atoms with van der Waals surface area (Å²) in [6, 6.07) is 0. The topological polar surface area (TPSA) is 34.1 Å². The van der Waals surface area contributed by atoms with Crippen molar-refractivity contribution < 1.29 is 9.59 Å². The van der Waals surface area contributed by atoms with E-state index >= 15 is 0 Å². The summed E-state index contributed by atoms with van der Waals surface area (Å²) >= 11 is 0. The van der Waals surface area contributed by atoms with Gasteiger partial charge in [-0.2, -0.15) is 0 Å². The summed E-state index contributed by atoms with van der Waals surface area (Å²) in [5.74, 6) is 0. The Bertz CT molecular complexity index is 261. The van der Waals surface area contributed by atoms with E-state index in [1.807, 2.05) is 12.2 Å². The van der Waals surface area contributed by atoms with E-state index in [0.29, 0.717) is 0 Å². The van der Waals surface area contributed by atoms with Crippen LogP contribution in [0.3, 0.4) is 0 Å². The van der Waals surface area contributed by atoms with Crippen molar-refractivity contribution in [2.24, 2.45) is 0 Å². The second-order valence-electron chi connectivity index (χ2n) is 2.20. The number of rotatable bonds is 6. The third kappa shape index (κ3) is 10.0. The predicted molar refractivity (Wildman–Crippen MR) is 57.8 cm³/mol. The van der Waals surface area contributed by atoms with Gasteiger partial charge < -0.3 is 0 Å². The molecule has 0 aliphatic rings. The molecule has 2 nitrogen and oxygen atoms in total. The van der Waals surface area contributed by atoms with Crippen LogP contribution in [0.4, 0.5) is 0 Å². The normalized spacial score (nSPS) is 12.9. The van der Waals surface area contributed by atoms with Gasteiger partial charge in [0.25, 0.3) is 0 Å². The van der Waals surface area contributed by atoms with Crippen molar-refractivity contribution in [3.63, 3.8) is 0 Å². The predicted octanol–water partition coefficient (Wildman–Crippen LogP) is 2.17. The molecule has 0 N–H and O–H groups in total. The number of carbonyl (C=O) groups is 2. The van der Waals surface area contributed by atoms with Crippen LogP contribution < -0.4 is 0 Å². The second-order valence-corrected chi connectivity index (χ2v) is 2.20. The van der Waals surface area contributed by atoms with Gasteiger partial charge in [0.15, 0.2) is 0 Å². The van der Waals surface area contributed by atoms with Gasteiger partial charge >= 0.3 is 0 Å². The molecule has 0 aliphatic carbocycles. The lowest BCUT2D eigenvalue weighted by Crippen LogP contribution is -1.57. The van der Waals surface area contributed by atoms with Crippen molar-refractivity contribution in [2.75, 3.05) is 0 Å². The molecule has 0 bridgehead atoms. The van der Waals surface area contributed by atoms with Crippen LogP contribution in [0.5, 0.6) is 0 Å². The molecule has 0 saturated heterocycles. The molecule has 0 fully saturated rings. The zero-order chi connectivity index (χ0) is 10.5. The summed E-state index contributed by atoms with van der Waals surface area (Å²) < 4.78 is 0. The molecule has 0 atom stereocenters. The summed E-state index contributed by atoms with van der Waals surface area (Å²) in [5, 5.41) is 0. The van der Waals surface area contributed by atoms with Crippen LogP contribution in [-0.2, 0) is 9.59 Å². The van der Waals surface area contributed by atoms with Gasteiger partial charge in [0.2, 0.25) is 0 Å². The van der Waals surface area contributed by atoms with Gasteiger partial charge in [-0.15, -0.1) is 0 Å². The lowest BCUT2D eigenvalue weighted by molar-refractivity contribution is -0.104. The molecular weight excluding hydrogens is 176 g/mol. The van der Waals surface area contributed by atoms with E-state index in [1.54, 1.807) is 36.5 Å². The van der Waals surface area contributed by atoms with Crippen LogP contribution in [0.2, 0.25) is 0 Å². The molecule has 2 heteroatoms. The SMILES string of the molecule is O=C/C=C/C=C/C=C/C=C/C=C/C=O. The third-order valence-electron chi connectivity index (χ3n) is 1.16. The number of aldehydes is 2. The quantitative estimate of drug-likeness (QED) is 0.363. The van der Waals surface area contributed by atoms with Crippen LogP contribution in [-0.4, -0.2) is 12.6 Å². The van der Waals surface area contributed by atoms with E-state index in [-0.39, 0.29) is 0 Å². The Morgan fingerprint density at radius 1 is 0.357 bits per heavy atom. The Morgan fingerprint density at radius 3 is 0.786 bits per heavy atom. The number of allylic oxidation sites excluding steroid dienone is 10. The summed E-state index contributed by atoms with van der Waals surface area (Å²) in [4.78, 5) is 19.7. The zero-order valence-corrected chi connectivity index (χ0v) is 7.74. The number of hydrogen-bond donors (Lipinski definition) is 0. The molecule has 0 aliphatic heterocycles. The van der Waals surface area contributed by atoms with E-state index in [1.165, 1.54) is 12.2 Å². The van der Waals surface area contributed by atoms with Crippen LogP contribution >= 0.6 is 0 Å². The van der Waals surface area contributed by atoms with Crippen LogP contribution in [0, 0.1) is 0 Å². The average Bonchev–Trinajstić information content (AvgIpc) is 2.21. The fourth-order valence-electron chi connectivity index (χ4n) is 0.604. The van der Waals surface area contributed by atoms with Gasteiger partial charge in [-0.3, -0.25) is 9.59 Å². The zero-order valence-electron chi connectivity index (χ0n) is 7.74. The smallest absolute Gasteiger partial charge is 0.142 e. The minimum atomic E-state index is 0.720. The molecule has 0 saturated carbocycles. The molecule has 0 aromatic heterocycles. The van der Waals surface area contributed by atoms with Gasteiger partial charge in [-0.1, -0.05) is 48.6 Å². The highest BCUT2D eigenvalue weighted by atomic mass is 16.1. The second kappa shape index (κ2) is 11.0. The Labute approximate surface area is 83.6 Å². The molecule has 0 aromatic rings.